The van der Waals surface area contributed by atoms with E-state index in [0.29, 0.717) is 6.61 Å². The van der Waals surface area contributed by atoms with Crippen molar-refractivity contribution >= 4 is 22.4 Å². The van der Waals surface area contributed by atoms with Crippen LogP contribution in [0.4, 0.5) is 11.5 Å². The Morgan fingerprint density at radius 1 is 1.03 bits per heavy atom. The van der Waals surface area contributed by atoms with Crippen LogP contribution in [0.3, 0.4) is 0 Å². The summed E-state index contributed by atoms with van der Waals surface area (Å²) in [6.45, 7) is 5.28. The molecule has 0 radical (unpaired) electrons. The molecule has 1 atom stereocenters. The number of morpholine rings is 1. The van der Waals surface area contributed by atoms with Crippen molar-refractivity contribution in [2.45, 2.75) is 19.6 Å². The van der Waals surface area contributed by atoms with Gasteiger partial charge in [-0.05, 0) is 48.9 Å². The van der Waals surface area contributed by atoms with Gasteiger partial charge in [0.25, 0.3) is 0 Å². The van der Waals surface area contributed by atoms with Crippen LogP contribution in [0.15, 0.2) is 73.1 Å². The van der Waals surface area contributed by atoms with Gasteiger partial charge in [0.2, 0.25) is 0 Å². The molecule has 5 rings (SSSR count). The lowest BCUT2D eigenvalue weighted by molar-refractivity contribution is -0.0348. The quantitative estimate of drug-likeness (QED) is 0.516. The van der Waals surface area contributed by atoms with Crippen LogP contribution in [0.25, 0.3) is 10.9 Å². The summed E-state index contributed by atoms with van der Waals surface area (Å²) < 4.78 is 6.04. The highest BCUT2D eigenvalue weighted by Gasteiger charge is 2.23. The fraction of sp³-hybridized carbons (Fsp3) is 0.240. The van der Waals surface area contributed by atoms with E-state index in [1.165, 1.54) is 10.9 Å². The second-order valence-electron chi connectivity index (χ2n) is 7.84. The van der Waals surface area contributed by atoms with E-state index in [0.717, 1.165) is 48.0 Å². The largest absolute Gasteiger partial charge is 0.369 e. The number of aryl methyl sites for hydroxylation is 1. The van der Waals surface area contributed by atoms with Gasteiger partial charge in [-0.25, -0.2) is 4.98 Å². The average Bonchev–Trinajstić information content (AvgIpc) is 2.80. The summed E-state index contributed by atoms with van der Waals surface area (Å²) in [5.41, 5.74) is 5.18. The molecule has 0 bridgehead atoms. The molecule has 1 aliphatic heterocycles. The number of nitrogens with one attached hydrogen (secondary N) is 1. The Kier molecular flexibility index (Phi) is 5.56. The van der Waals surface area contributed by atoms with Crippen molar-refractivity contribution in [1.82, 2.24) is 19.9 Å². The summed E-state index contributed by atoms with van der Waals surface area (Å²) in [6, 6.07) is 20.5. The van der Waals surface area contributed by atoms with Gasteiger partial charge < -0.3 is 10.1 Å². The Balaban J connectivity index is 1.27. The van der Waals surface area contributed by atoms with Crippen LogP contribution in [0.2, 0.25) is 0 Å². The topological polar surface area (TPSA) is 63.2 Å². The van der Waals surface area contributed by atoms with Gasteiger partial charge in [0.05, 0.1) is 29.7 Å². The Morgan fingerprint density at radius 2 is 1.97 bits per heavy atom. The second kappa shape index (κ2) is 8.79. The fourth-order valence-corrected chi connectivity index (χ4v) is 4.00. The Labute approximate surface area is 181 Å². The molecule has 3 aromatic heterocycles. The van der Waals surface area contributed by atoms with Crippen molar-refractivity contribution in [1.29, 1.82) is 0 Å². The number of rotatable bonds is 5. The first kappa shape index (κ1) is 19.6. The third-order valence-corrected chi connectivity index (χ3v) is 5.56. The third kappa shape index (κ3) is 4.55. The molecule has 0 saturated carbocycles. The summed E-state index contributed by atoms with van der Waals surface area (Å²) in [5.74, 6) is 0.819. The predicted molar refractivity (Wildman–Crippen MR) is 122 cm³/mol. The molecule has 1 N–H and O–H groups in total. The molecule has 0 aliphatic carbocycles. The number of aromatic nitrogens is 3. The van der Waals surface area contributed by atoms with Gasteiger partial charge in [0, 0.05) is 36.9 Å². The van der Waals surface area contributed by atoms with Gasteiger partial charge in [-0.15, -0.1) is 0 Å². The van der Waals surface area contributed by atoms with E-state index >= 15 is 0 Å². The highest BCUT2D eigenvalue weighted by atomic mass is 16.5. The number of ether oxygens (including phenoxy) is 1. The molecule has 156 valence electrons. The minimum absolute atomic E-state index is 0.0343. The van der Waals surface area contributed by atoms with Crippen molar-refractivity contribution in [3.8, 4) is 0 Å². The molecule has 1 aromatic carbocycles. The first-order valence-corrected chi connectivity index (χ1v) is 10.6. The van der Waals surface area contributed by atoms with Crippen LogP contribution in [0.1, 0.15) is 23.1 Å². The summed E-state index contributed by atoms with van der Waals surface area (Å²) in [6.07, 6.45) is 3.65. The van der Waals surface area contributed by atoms with E-state index in [9.17, 15) is 0 Å². The normalized spacial score (nSPS) is 17.0. The lowest BCUT2D eigenvalue weighted by atomic mass is 10.1. The van der Waals surface area contributed by atoms with Crippen molar-refractivity contribution in [2.24, 2.45) is 0 Å². The standard InChI is InChI=1S/C25H25N5O/c1-18-5-2-9-25(28-18)29-20-10-11-23(27-15-20)24-17-30(13-14-31-24)16-19-6-3-8-22-21(19)7-4-12-26-22/h2-12,15,24H,13-14,16-17H2,1H3,(H,28,29)/t24-/m0/s1. The van der Waals surface area contributed by atoms with Gasteiger partial charge in [-0.3, -0.25) is 14.9 Å². The molecule has 31 heavy (non-hydrogen) atoms. The number of fused-ring (bicyclic) bond motifs is 1. The van der Waals surface area contributed by atoms with Crippen LogP contribution >= 0.6 is 0 Å². The molecule has 1 saturated heterocycles. The molecule has 4 aromatic rings. The third-order valence-electron chi connectivity index (χ3n) is 5.56. The zero-order chi connectivity index (χ0) is 21.0. The Hall–Kier alpha value is -3.35. The van der Waals surface area contributed by atoms with E-state index < -0.39 is 0 Å². The number of hydrogen-bond donors (Lipinski definition) is 1. The average molecular weight is 412 g/mol. The number of anilines is 2. The molecule has 1 aliphatic rings. The monoisotopic (exact) mass is 411 g/mol. The SMILES string of the molecule is Cc1cccc(Nc2ccc([C@@H]3CN(Cc4cccc5ncccc45)CCO3)nc2)n1. The summed E-state index contributed by atoms with van der Waals surface area (Å²) in [4.78, 5) is 16.0. The van der Waals surface area contributed by atoms with Crippen molar-refractivity contribution in [3.63, 3.8) is 0 Å². The van der Waals surface area contributed by atoms with Crippen molar-refractivity contribution in [2.75, 3.05) is 25.0 Å². The van der Waals surface area contributed by atoms with Gasteiger partial charge in [-0.1, -0.05) is 24.3 Å². The van der Waals surface area contributed by atoms with Crippen LogP contribution in [0.5, 0.6) is 0 Å². The van der Waals surface area contributed by atoms with Crippen LogP contribution < -0.4 is 5.32 Å². The molecule has 0 spiro atoms. The predicted octanol–water partition coefficient (Wildman–Crippen LogP) is 4.65. The first-order chi connectivity index (χ1) is 15.2. The highest BCUT2D eigenvalue weighted by molar-refractivity contribution is 5.81. The van der Waals surface area contributed by atoms with Gasteiger partial charge >= 0.3 is 0 Å². The number of nitrogens with zero attached hydrogens (tertiary/aromatic N) is 4. The van der Waals surface area contributed by atoms with Crippen molar-refractivity contribution in [3.05, 3.63) is 90.0 Å². The second-order valence-corrected chi connectivity index (χ2v) is 7.84. The molecule has 0 amide bonds. The minimum atomic E-state index is -0.0343. The number of pyridine rings is 3. The van der Waals surface area contributed by atoms with Gasteiger partial charge in [0.1, 0.15) is 11.9 Å². The summed E-state index contributed by atoms with van der Waals surface area (Å²) >= 11 is 0. The van der Waals surface area contributed by atoms with Crippen LogP contribution in [-0.2, 0) is 11.3 Å². The van der Waals surface area contributed by atoms with E-state index in [2.05, 4.69) is 49.4 Å². The zero-order valence-corrected chi connectivity index (χ0v) is 17.5. The van der Waals surface area contributed by atoms with Crippen LogP contribution in [0, 0.1) is 6.92 Å². The maximum Gasteiger partial charge on any atom is 0.130 e. The maximum atomic E-state index is 6.04. The molecule has 0 unspecified atom stereocenters. The Bertz CT molecular complexity index is 1170. The van der Waals surface area contributed by atoms with E-state index in [1.807, 2.05) is 55.7 Å². The van der Waals surface area contributed by atoms with Crippen LogP contribution in [-0.4, -0.2) is 39.5 Å². The molecule has 6 heteroatoms. The van der Waals surface area contributed by atoms with Gasteiger partial charge in [0.15, 0.2) is 0 Å². The number of hydrogen-bond acceptors (Lipinski definition) is 6. The molecular formula is C25H25N5O. The smallest absolute Gasteiger partial charge is 0.130 e. The van der Waals surface area contributed by atoms with Crippen molar-refractivity contribution < 1.29 is 4.74 Å². The summed E-state index contributed by atoms with van der Waals surface area (Å²) in [5, 5.41) is 4.52. The Morgan fingerprint density at radius 3 is 2.84 bits per heavy atom. The lowest BCUT2D eigenvalue weighted by Crippen LogP contribution is -2.38. The molecule has 4 heterocycles. The van der Waals surface area contributed by atoms with E-state index in [4.69, 9.17) is 4.74 Å². The zero-order valence-electron chi connectivity index (χ0n) is 17.5. The maximum absolute atomic E-state index is 6.04. The minimum Gasteiger partial charge on any atom is -0.369 e. The first-order valence-electron chi connectivity index (χ1n) is 10.6. The lowest BCUT2D eigenvalue weighted by Gasteiger charge is -2.33. The molecular weight excluding hydrogens is 386 g/mol. The van der Waals surface area contributed by atoms with Gasteiger partial charge in [-0.2, -0.15) is 0 Å². The number of benzene rings is 1. The van der Waals surface area contributed by atoms with E-state index in [-0.39, 0.29) is 6.10 Å². The molecule has 1 fully saturated rings. The highest BCUT2D eigenvalue weighted by Crippen LogP contribution is 2.25. The fourth-order valence-electron chi connectivity index (χ4n) is 4.00. The van der Waals surface area contributed by atoms with E-state index in [1.54, 1.807) is 0 Å². The molecule has 6 nitrogen and oxygen atoms in total. The summed E-state index contributed by atoms with van der Waals surface area (Å²) in [7, 11) is 0.